The molecule has 2 saturated heterocycles. The lowest BCUT2D eigenvalue weighted by atomic mass is 9.90. The number of nitrogens with zero attached hydrogens (tertiary/aromatic N) is 2. The average Bonchev–Trinajstić information content (AvgIpc) is 2.06. The van der Waals surface area contributed by atoms with E-state index >= 15 is 0 Å². The summed E-state index contributed by atoms with van der Waals surface area (Å²) in [6, 6.07) is 39.0. The predicted molar refractivity (Wildman–Crippen MR) is 336 cm³/mol. The number of hydrogen-bond donors (Lipinski definition) is 7. The topological polar surface area (TPSA) is 295 Å². The van der Waals surface area contributed by atoms with Crippen LogP contribution in [0.3, 0.4) is 0 Å². The van der Waals surface area contributed by atoms with Crippen molar-refractivity contribution >= 4 is 117 Å². The number of nitrogens with two attached hydrogens (primary N) is 3. The molecule has 3 saturated carbocycles. The standard InChI is InChI=1S/C13H15ClN2O2.C13H13ClN2O.C13H16N2O2.C11H11NO2.C7H4Cl2O.C6H12N2O.ClH/c14-10-6-2-1-5-9(10)11(17)16-13(12(15)18)7-3-4-8-13;14-10-6-2-1-5-9(10)11-15-12(17)13(16-11)7-3-4-8-13;1-9(2)15-11(16)13(3,14-12(15)17)10-7-5-4-6-8-10;1-11(8-5-3-2-4-6-8)9(13)7-10(14)12-11;8-6-4-2-1-3-5(6)7(9)10;7-5(9)6(8)3-1-2-4-6;/h1-2,5-6H,3-4,7-8H2,(H2,15,18)(H,16,17);1-2,5-6H,3-4,7-8H2,(H,15,16,17);4-9H,1-3H3,(H,14,17);2-6H,7H2,1H3,(H,12,14);1-4H;1-4,8H2,(H2,7,9);1H. The van der Waals surface area contributed by atoms with Gasteiger partial charge < -0.3 is 38.5 Å². The van der Waals surface area contributed by atoms with E-state index in [1.54, 1.807) is 62.4 Å². The Morgan fingerprint density at radius 2 is 1.05 bits per heavy atom. The third-order valence-electron chi connectivity index (χ3n) is 15.7. The number of ketones is 1. The number of benzene rings is 5. The Labute approximate surface area is 526 Å². The number of aliphatic imine (C=N–C) groups is 1. The lowest BCUT2D eigenvalue weighted by Crippen LogP contribution is -2.55. The molecule has 5 aromatic carbocycles. The van der Waals surface area contributed by atoms with Crippen molar-refractivity contribution in [1.82, 2.24) is 26.2 Å². The fraction of sp³-hybridized carbons (Fsp3) is 0.365. The Morgan fingerprint density at radius 3 is 1.47 bits per heavy atom. The maximum Gasteiger partial charge on any atom is 0.325 e. The smallest absolute Gasteiger partial charge is 0.325 e. The Balaban J connectivity index is 0.000000191. The number of amides is 8. The zero-order chi connectivity index (χ0) is 62.3. The van der Waals surface area contributed by atoms with Gasteiger partial charge in [0.15, 0.2) is 5.78 Å². The minimum atomic E-state index is -0.942. The lowest BCUT2D eigenvalue weighted by molar-refractivity contribution is -0.132. The van der Waals surface area contributed by atoms with Gasteiger partial charge in [-0.05, 0) is 125 Å². The largest absolute Gasteiger partial charge is 0.368 e. The molecule has 10 N–H and O–H groups in total. The van der Waals surface area contributed by atoms with Crippen LogP contribution in [-0.2, 0) is 39.8 Å². The maximum atomic E-state index is 12.3. The van der Waals surface area contributed by atoms with E-state index in [1.165, 1.54) is 4.90 Å². The van der Waals surface area contributed by atoms with E-state index in [9.17, 15) is 43.2 Å². The van der Waals surface area contributed by atoms with Gasteiger partial charge in [0.1, 0.15) is 28.0 Å². The molecule has 5 aromatic rings. The Hall–Kier alpha value is -7.19. The van der Waals surface area contributed by atoms with Gasteiger partial charge in [-0.15, -0.1) is 12.4 Å². The van der Waals surface area contributed by atoms with Gasteiger partial charge in [0.2, 0.25) is 17.7 Å². The molecular weight excluding hydrogens is 1200 g/mol. The van der Waals surface area contributed by atoms with Crippen molar-refractivity contribution in [3.63, 3.8) is 0 Å². The molecule has 11 rings (SSSR count). The number of imide groups is 1. The first kappa shape index (κ1) is 69.6. The second-order valence-corrected chi connectivity index (χ2v) is 23.6. The summed E-state index contributed by atoms with van der Waals surface area (Å²) in [7, 11) is 0. The summed E-state index contributed by atoms with van der Waals surface area (Å²) in [6.07, 6.45) is 10.4. The number of primary amides is 2. The van der Waals surface area contributed by atoms with Gasteiger partial charge in [-0.3, -0.25) is 48.2 Å². The molecule has 5 fully saturated rings. The molecule has 2 unspecified atom stereocenters. The second-order valence-electron chi connectivity index (χ2n) is 22.0. The normalized spacial score (nSPS) is 20.7. The summed E-state index contributed by atoms with van der Waals surface area (Å²) >= 11 is 22.9. The molecule has 23 heteroatoms. The van der Waals surface area contributed by atoms with E-state index in [0.29, 0.717) is 44.9 Å². The number of nitrogens with one attached hydrogen (secondary N) is 4. The molecule has 458 valence electrons. The molecule has 2 atom stereocenters. The number of rotatable bonds is 9. The molecule has 0 bridgehead atoms. The van der Waals surface area contributed by atoms with E-state index in [0.717, 1.165) is 80.9 Å². The van der Waals surface area contributed by atoms with Gasteiger partial charge >= 0.3 is 6.03 Å². The summed E-state index contributed by atoms with van der Waals surface area (Å²) in [5, 5.41) is 12.0. The van der Waals surface area contributed by atoms with Crippen LogP contribution in [0.25, 0.3) is 0 Å². The highest BCUT2D eigenvalue weighted by Crippen LogP contribution is 2.38. The van der Waals surface area contributed by atoms with Gasteiger partial charge in [0.05, 0.1) is 38.2 Å². The third-order valence-corrected chi connectivity index (χ3v) is 16.9. The molecule has 3 aliphatic heterocycles. The van der Waals surface area contributed by atoms with E-state index in [1.807, 2.05) is 98.8 Å². The number of amidine groups is 1. The average molecular weight is 1280 g/mol. The van der Waals surface area contributed by atoms with Crippen molar-refractivity contribution in [2.24, 2.45) is 22.2 Å². The Morgan fingerprint density at radius 1 is 0.593 bits per heavy atom. The van der Waals surface area contributed by atoms with E-state index in [2.05, 4.69) is 26.3 Å². The van der Waals surface area contributed by atoms with Gasteiger partial charge in [-0.2, -0.15) is 0 Å². The van der Waals surface area contributed by atoms with Crippen LogP contribution in [-0.4, -0.2) is 85.9 Å². The van der Waals surface area contributed by atoms with Gasteiger partial charge in [-0.25, -0.2) is 4.79 Å². The number of hydrogen-bond acceptors (Lipinski definition) is 11. The number of Topliss-reactive ketones (excluding diaryl/α,β-unsaturated/α-hetero) is 1. The molecule has 86 heavy (non-hydrogen) atoms. The van der Waals surface area contributed by atoms with Crippen LogP contribution < -0.4 is 38.5 Å². The fourth-order valence-corrected chi connectivity index (χ4v) is 11.5. The van der Waals surface area contributed by atoms with Gasteiger partial charge in [-0.1, -0.05) is 170 Å². The van der Waals surface area contributed by atoms with Crippen LogP contribution >= 0.6 is 58.8 Å². The van der Waals surface area contributed by atoms with Crippen LogP contribution in [0.5, 0.6) is 0 Å². The monoisotopic (exact) mass is 1270 g/mol. The third kappa shape index (κ3) is 16.7. The highest BCUT2D eigenvalue weighted by Gasteiger charge is 2.50. The van der Waals surface area contributed by atoms with Crippen molar-refractivity contribution in [1.29, 1.82) is 0 Å². The first-order valence-electron chi connectivity index (χ1n) is 27.9. The minimum absolute atomic E-state index is 0. The van der Waals surface area contributed by atoms with Crippen molar-refractivity contribution in [2.45, 2.75) is 145 Å². The van der Waals surface area contributed by atoms with E-state index in [4.69, 9.17) is 63.6 Å². The van der Waals surface area contributed by atoms with E-state index < -0.39 is 38.8 Å². The molecule has 8 amide bonds. The molecular formula is C63H72Cl5N9O9. The van der Waals surface area contributed by atoms with Crippen molar-refractivity contribution in [3.05, 3.63) is 176 Å². The molecule has 18 nitrogen and oxygen atoms in total. The molecule has 3 aliphatic carbocycles. The minimum Gasteiger partial charge on any atom is -0.368 e. The number of urea groups is 1. The number of halogens is 5. The van der Waals surface area contributed by atoms with Crippen LogP contribution in [0.1, 0.15) is 149 Å². The lowest BCUT2D eigenvalue weighted by Gasteiger charge is -2.26. The van der Waals surface area contributed by atoms with Crippen LogP contribution in [0.2, 0.25) is 15.1 Å². The van der Waals surface area contributed by atoms with Crippen LogP contribution in [0.15, 0.2) is 138 Å². The quantitative estimate of drug-likeness (QED) is 0.0416. The molecule has 1 spiro atoms. The molecule has 0 aromatic heterocycles. The summed E-state index contributed by atoms with van der Waals surface area (Å²) in [4.78, 5) is 110. The summed E-state index contributed by atoms with van der Waals surface area (Å²) in [5.41, 5.74) is 15.4. The summed E-state index contributed by atoms with van der Waals surface area (Å²) < 4.78 is 0. The molecule has 3 heterocycles. The zero-order valence-electron chi connectivity index (χ0n) is 48.2. The fourth-order valence-electron chi connectivity index (χ4n) is 10.6. The molecule has 6 aliphatic rings. The highest BCUT2D eigenvalue weighted by molar-refractivity contribution is 6.68. The summed E-state index contributed by atoms with van der Waals surface area (Å²) in [6.45, 7) is 7.14. The highest BCUT2D eigenvalue weighted by atomic mass is 35.5. The second kappa shape index (κ2) is 30.4. The SMILES string of the molecule is CC(C)N1C(=O)NC(C)(c2ccccc2)C1=O.CC1(c2ccccc2)NC(=O)CC1=O.Cl.NC(=O)C1(N)CCCC1.NC(=O)C1(NC(=O)c2ccccc2Cl)CCCC1.O=C(Cl)c1ccccc1Cl.O=C1NC(c2ccccc2Cl)=NC12CCCC2. The van der Waals surface area contributed by atoms with Crippen molar-refractivity contribution in [3.8, 4) is 0 Å². The first-order valence-corrected chi connectivity index (χ1v) is 29.4. The van der Waals surface area contributed by atoms with Crippen molar-refractivity contribution < 1.29 is 43.2 Å². The summed E-state index contributed by atoms with van der Waals surface area (Å²) in [5.74, 6) is -0.951. The van der Waals surface area contributed by atoms with E-state index in [-0.39, 0.29) is 66.2 Å². The van der Waals surface area contributed by atoms with Crippen molar-refractivity contribution in [2.75, 3.05) is 0 Å². The van der Waals surface area contributed by atoms with Gasteiger partial charge in [0, 0.05) is 11.6 Å². The molecule has 0 radical (unpaired) electrons. The Kier molecular flexibility index (Phi) is 24.6. The number of carbonyl (C=O) groups excluding carboxylic acids is 9. The van der Waals surface area contributed by atoms with Gasteiger partial charge in [0.25, 0.3) is 23.0 Å². The Bertz CT molecular complexity index is 3320. The van der Waals surface area contributed by atoms with Crippen LogP contribution in [0.4, 0.5) is 4.79 Å². The zero-order valence-corrected chi connectivity index (χ0v) is 52.0. The predicted octanol–water partition coefficient (Wildman–Crippen LogP) is 10.1. The maximum absolute atomic E-state index is 12.3. The first-order chi connectivity index (χ1) is 40.2. The van der Waals surface area contributed by atoms with Crippen LogP contribution in [0, 0.1) is 0 Å². The number of carbonyl (C=O) groups is 9.